The molecular weight excluding hydrogens is 360 g/mol. The van der Waals surface area contributed by atoms with Crippen molar-refractivity contribution in [3.63, 3.8) is 0 Å². The third-order valence-corrected chi connectivity index (χ3v) is 4.53. The van der Waals surface area contributed by atoms with E-state index in [4.69, 9.17) is 0 Å². The maximum Gasteiger partial charge on any atom is 0.253 e. The minimum Gasteiger partial charge on any atom is -0.348 e. The Morgan fingerprint density at radius 3 is 2.24 bits per heavy atom. The lowest BCUT2D eigenvalue weighted by Crippen LogP contribution is -2.25. The summed E-state index contributed by atoms with van der Waals surface area (Å²) in [6, 6.07) is 24.6. The number of rotatable bonds is 6. The Morgan fingerprint density at radius 1 is 0.862 bits per heavy atom. The molecule has 0 bridgehead atoms. The van der Waals surface area contributed by atoms with E-state index in [-0.39, 0.29) is 11.8 Å². The fourth-order valence-corrected chi connectivity index (χ4v) is 2.86. The molecule has 0 spiro atoms. The number of anilines is 1. The first-order valence-corrected chi connectivity index (χ1v) is 9.50. The zero-order chi connectivity index (χ0) is 20.6. The van der Waals surface area contributed by atoms with Gasteiger partial charge in [-0.2, -0.15) is 0 Å². The number of carbonyl (C=O) groups excluding carboxylic acids is 2. The Bertz CT molecular complexity index is 1020. The molecule has 3 rings (SSSR count). The second-order valence-corrected chi connectivity index (χ2v) is 6.91. The molecule has 0 aliphatic heterocycles. The summed E-state index contributed by atoms with van der Waals surface area (Å²) in [6.45, 7) is 4.20. The van der Waals surface area contributed by atoms with Crippen LogP contribution in [0, 0.1) is 6.92 Å². The Hall–Kier alpha value is -3.66. The third kappa shape index (κ3) is 5.66. The van der Waals surface area contributed by atoms with E-state index in [2.05, 4.69) is 10.6 Å². The standard InChI is InChI=1S/C25H24N2O2/c1-18-12-14-21(15-13-18)17-26-25(29)22-10-6-7-11-23(22)27-24(28)19(2)16-20-8-4-3-5-9-20/h3-16H,17H2,1-2H3,(H,26,29)(H,27,28)/b19-16+. The predicted octanol–water partition coefficient (Wildman–Crippen LogP) is 4.97. The van der Waals surface area contributed by atoms with Crippen molar-refractivity contribution >= 4 is 23.6 Å². The van der Waals surface area contributed by atoms with Crippen molar-refractivity contribution in [3.05, 3.63) is 107 Å². The summed E-state index contributed by atoms with van der Waals surface area (Å²) < 4.78 is 0. The minimum absolute atomic E-state index is 0.230. The fraction of sp³-hybridized carbons (Fsp3) is 0.120. The summed E-state index contributed by atoms with van der Waals surface area (Å²) in [5, 5.41) is 5.76. The average molecular weight is 384 g/mol. The summed E-state index contributed by atoms with van der Waals surface area (Å²) >= 11 is 0. The van der Waals surface area contributed by atoms with Gasteiger partial charge in [-0.05, 0) is 43.2 Å². The van der Waals surface area contributed by atoms with E-state index in [0.717, 1.165) is 11.1 Å². The van der Waals surface area contributed by atoms with Crippen molar-refractivity contribution in [1.82, 2.24) is 5.32 Å². The second kappa shape index (κ2) is 9.51. The number of benzene rings is 3. The van der Waals surface area contributed by atoms with Gasteiger partial charge in [0.2, 0.25) is 0 Å². The number of para-hydroxylation sites is 1. The summed E-state index contributed by atoms with van der Waals surface area (Å²) in [7, 11) is 0. The van der Waals surface area contributed by atoms with Crippen LogP contribution < -0.4 is 10.6 Å². The molecule has 0 aliphatic rings. The lowest BCUT2D eigenvalue weighted by atomic mass is 10.1. The highest BCUT2D eigenvalue weighted by atomic mass is 16.2. The second-order valence-electron chi connectivity index (χ2n) is 6.91. The summed E-state index contributed by atoms with van der Waals surface area (Å²) in [4.78, 5) is 25.3. The van der Waals surface area contributed by atoms with E-state index in [0.29, 0.717) is 23.4 Å². The SMILES string of the molecule is C/C(=C\c1ccccc1)C(=O)Nc1ccccc1C(=O)NCc1ccc(C)cc1. The molecule has 0 aliphatic carbocycles. The van der Waals surface area contributed by atoms with E-state index >= 15 is 0 Å². The molecule has 2 amide bonds. The van der Waals surface area contributed by atoms with Gasteiger partial charge < -0.3 is 10.6 Å². The Kier molecular flexibility index (Phi) is 6.59. The normalized spacial score (nSPS) is 11.0. The first kappa shape index (κ1) is 20.1. The molecule has 2 N–H and O–H groups in total. The van der Waals surface area contributed by atoms with Gasteiger partial charge in [0, 0.05) is 12.1 Å². The Labute approximate surface area is 171 Å². The van der Waals surface area contributed by atoms with Crippen molar-refractivity contribution < 1.29 is 9.59 Å². The molecule has 4 heteroatoms. The van der Waals surface area contributed by atoms with Crippen LogP contribution in [0.15, 0.2) is 84.4 Å². The van der Waals surface area contributed by atoms with Gasteiger partial charge >= 0.3 is 0 Å². The van der Waals surface area contributed by atoms with Crippen molar-refractivity contribution in [2.24, 2.45) is 0 Å². The van der Waals surface area contributed by atoms with Gasteiger partial charge in [0.1, 0.15) is 0 Å². The van der Waals surface area contributed by atoms with Gasteiger partial charge in [0.25, 0.3) is 11.8 Å². The van der Waals surface area contributed by atoms with Gasteiger partial charge in [-0.3, -0.25) is 9.59 Å². The van der Waals surface area contributed by atoms with Crippen LogP contribution in [0.2, 0.25) is 0 Å². The molecule has 0 unspecified atom stereocenters. The highest BCUT2D eigenvalue weighted by Gasteiger charge is 2.13. The van der Waals surface area contributed by atoms with Gasteiger partial charge in [-0.25, -0.2) is 0 Å². The highest BCUT2D eigenvalue weighted by Crippen LogP contribution is 2.17. The molecule has 29 heavy (non-hydrogen) atoms. The van der Waals surface area contributed by atoms with Gasteiger partial charge in [-0.15, -0.1) is 0 Å². The molecule has 0 saturated carbocycles. The number of amides is 2. The molecule has 4 nitrogen and oxygen atoms in total. The topological polar surface area (TPSA) is 58.2 Å². The van der Waals surface area contributed by atoms with Crippen LogP contribution in [-0.4, -0.2) is 11.8 Å². The summed E-state index contributed by atoms with van der Waals surface area (Å²) in [5.41, 5.74) is 4.62. The Balaban J connectivity index is 1.69. The number of hydrogen-bond acceptors (Lipinski definition) is 2. The van der Waals surface area contributed by atoms with Crippen LogP contribution in [0.25, 0.3) is 6.08 Å². The zero-order valence-electron chi connectivity index (χ0n) is 16.6. The summed E-state index contributed by atoms with van der Waals surface area (Å²) in [5.74, 6) is -0.473. The molecule has 0 fully saturated rings. The largest absolute Gasteiger partial charge is 0.348 e. The van der Waals surface area contributed by atoms with Gasteiger partial charge in [0.15, 0.2) is 0 Å². The van der Waals surface area contributed by atoms with Crippen LogP contribution in [0.4, 0.5) is 5.69 Å². The van der Waals surface area contributed by atoms with Crippen LogP contribution in [0.5, 0.6) is 0 Å². The van der Waals surface area contributed by atoms with E-state index < -0.39 is 0 Å². The number of aryl methyl sites for hydroxylation is 1. The minimum atomic E-state index is -0.243. The van der Waals surface area contributed by atoms with E-state index in [1.165, 1.54) is 5.56 Å². The lowest BCUT2D eigenvalue weighted by Gasteiger charge is -2.12. The molecule has 0 saturated heterocycles. The summed E-state index contributed by atoms with van der Waals surface area (Å²) in [6.07, 6.45) is 1.81. The number of carbonyl (C=O) groups is 2. The smallest absolute Gasteiger partial charge is 0.253 e. The first-order chi connectivity index (χ1) is 14.0. The molecule has 3 aromatic carbocycles. The number of nitrogens with one attached hydrogen (secondary N) is 2. The molecule has 0 atom stereocenters. The van der Waals surface area contributed by atoms with E-state index in [1.54, 1.807) is 31.2 Å². The molecule has 0 radical (unpaired) electrons. The molecule has 3 aromatic rings. The predicted molar refractivity (Wildman–Crippen MR) is 118 cm³/mol. The monoisotopic (exact) mass is 384 g/mol. The van der Waals surface area contributed by atoms with Crippen LogP contribution in [0.3, 0.4) is 0 Å². The maximum atomic E-state index is 12.7. The van der Waals surface area contributed by atoms with E-state index in [9.17, 15) is 9.59 Å². The molecule has 0 aromatic heterocycles. The third-order valence-electron chi connectivity index (χ3n) is 4.53. The molecule has 146 valence electrons. The molecular formula is C25H24N2O2. The average Bonchev–Trinajstić information content (AvgIpc) is 2.74. The van der Waals surface area contributed by atoms with Gasteiger partial charge in [-0.1, -0.05) is 72.3 Å². The van der Waals surface area contributed by atoms with Crippen LogP contribution >= 0.6 is 0 Å². The quantitative estimate of drug-likeness (QED) is 0.590. The number of hydrogen-bond donors (Lipinski definition) is 2. The first-order valence-electron chi connectivity index (χ1n) is 9.50. The van der Waals surface area contributed by atoms with Crippen molar-refractivity contribution in [3.8, 4) is 0 Å². The van der Waals surface area contributed by atoms with Crippen molar-refractivity contribution in [2.45, 2.75) is 20.4 Å². The van der Waals surface area contributed by atoms with E-state index in [1.807, 2.05) is 67.6 Å². The highest BCUT2D eigenvalue weighted by molar-refractivity contribution is 6.10. The van der Waals surface area contributed by atoms with Crippen LogP contribution in [-0.2, 0) is 11.3 Å². The zero-order valence-corrected chi connectivity index (χ0v) is 16.6. The fourth-order valence-electron chi connectivity index (χ4n) is 2.86. The van der Waals surface area contributed by atoms with Crippen molar-refractivity contribution in [2.75, 3.05) is 5.32 Å². The maximum absolute atomic E-state index is 12.7. The van der Waals surface area contributed by atoms with Crippen molar-refractivity contribution in [1.29, 1.82) is 0 Å². The Morgan fingerprint density at radius 2 is 1.52 bits per heavy atom. The van der Waals surface area contributed by atoms with Crippen LogP contribution in [0.1, 0.15) is 34.0 Å². The lowest BCUT2D eigenvalue weighted by molar-refractivity contribution is -0.112. The molecule has 0 heterocycles. The van der Waals surface area contributed by atoms with Gasteiger partial charge in [0.05, 0.1) is 11.3 Å².